The van der Waals surface area contributed by atoms with Gasteiger partial charge in [0.05, 0.1) is 22.3 Å². The van der Waals surface area contributed by atoms with E-state index < -0.39 is 0 Å². The number of pyridine rings is 1. The third-order valence-corrected chi connectivity index (χ3v) is 4.79. The van der Waals surface area contributed by atoms with Crippen LogP contribution in [0.3, 0.4) is 0 Å². The van der Waals surface area contributed by atoms with Crippen molar-refractivity contribution in [1.82, 2.24) is 4.98 Å². The third-order valence-electron chi connectivity index (χ3n) is 3.84. The van der Waals surface area contributed by atoms with E-state index in [1.807, 2.05) is 6.92 Å². The highest BCUT2D eigenvalue weighted by atomic mass is 79.9. The Labute approximate surface area is 121 Å². The highest BCUT2D eigenvalue weighted by Crippen LogP contribution is 2.34. The zero-order valence-electron chi connectivity index (χ0n) is 11.2. The topological polar surface area (TPSA) is 85.2 Å². The molecule has 2 atom stereocenters. The molecule has 0 aromatic carbocycles. The van der Waals surface area contributed by atoms with E-state index in [2.05, 4.69) is 32.7 Å². The highest BCUT2D eigenvalue weighted by molar-refractivity contribution is 9.10. The summed E-state index contributed by atoms with van der Waals surface area (Å²) in [6.07, 6.45) is 3.44. The molecule has 2 unspecified atom stereocenters. The van der Waals surface area contributed by atoms with Gasteiger partial charge in [0, 0.05) is 12.6 Å². The molecule has 104 valence electrons. The second-order valence-electron chi connectivity index (χ2n) is 5.15. The number of anilines is 2. The Morgan fingerprint density at radius 1 is 1.53 bits per heavy atom. The Balaban J connectivity index is 2.34. The first-order chi connectivity index (χ1) is 8.91. The van der Waals surface area contributed by atoms with E-state index in [4.69, 9.17) is 11.5 Å². The number of aromatic nitrogens is 1. The van der Waals surface area contributed by atoms with Gasteiger partial charge >= 0.3 is 0 Å². The van der Waals surface area contributed by atoms with E-state index >= 15 is 0 Å². The highest BCUT2D eigenvalue weighted by Gasteiger charge is 2.30. The monoisotopic (exact) mass is 326 g/mol. The Morgan fingerprint density at radius 2 is 2.21 bits per heavy atom. The Bertz CT molecular complexity index is 506. The molecule has 1 aliphatic rings. The number of piperidine rings is 1. The van der Waals surface area contributed by atoms with Crippen LogP contribution < -0.4 is 16.4 Å². The van der Waals surface area contributed by atoms with Crippen molar-refractivity contribution < 1.29 is 4.79 Å². The number of halogens is 1. The van der Waals surface area contributed by atoms with Crippen molar-refractivity contribution in [3.63, 3.8) is 0 Å². The summed E-state index contributed by atoms with van der Waals surface area (Å²) in [5.74, 6) is 0.494. The van der Waals surface area contributed by atoms with E-state index in [1.165, 1.54) is 0 Å². The van der Waals surface area contributed by atoms with Crippen LogP contribution in [0, 0.1) is 12.8 Å². The largest absolute Gasteiger partial charge is 0.397 e. The lowest BCUT2D eigenvalue weighted by atomic mass is 9.93. The van der Waals surface area contributed by atoms with Gasteiger partial charge in [-0.3, -0.25) is 4.79 Å². The average molecular weight is 327 g/mol. The number of nitrogens with zero attached hydrogens (tertiary/aromatic N) is 2. The number of hydrogen-bond acceptors (Lipinski definition) is 4. The maximum Gasteiger partial charge on any atom is 0.222 e. The van der Waals surface area contributed by atoms with Crippen LogP contribution in [0.1, 0.15) is 25.3 Å². The van der Waals surface area contributed by atoms with Gasteiger partial charge in [-0.15, -0.1) is 0 Å². The van der Waals surface area contributed by atoms with Crippen molar-refractivity contribution in [2.45, 2.75) is 32.7 Å². The number of nitrogens with two attached hydrogens (primary N) is 2. The first-order valence-corrected chi connectivity index (χ1v) is 7.17. The van der Waals surface area contributed by atoms with Gasteiger partial charge < -0.3 is 16.4 Å². The minimum atomic E-state index is -0.236. The molecule has 2 heterocycles. The third kappa shape index (κ3) is 2.68. The summed E-state index contributed by atoms with van der Waals surface area (Å²) >= 11 is 3.55. The van der Waals surface area contributed by atoms with Crippen LogP contribution in [-0.4, -0.2) is 23.5 Å². The molecule has 0 saturated carbocycles. The second kappa shape index (κ2) is 5.36. The van der Waals surface area contributed by atoms with Gasteiger partial charge in [-0.25, -0.2) is 4.98 Å². The molecule has 5 nitrogen and oxygen atoms in total. The van der Waals surface area contributed by atoms with E-state index in [0.29, 0.717) is 18.3 Å². The number of primary amides is 1. The van der Waals surface area contributed by atoms with E-state index in [1.54, 1.807) is 6.20 Å². The summed E-state index contributed by atoms with van der Waals surface area (Å²) in [6, 6.07) is 0.336. The van der Waals surface area contributed by atoms with Crippen LogP contribution in [0.2, 0.25) is 0 Å². The SMILES string of the molecule is Cc1c(N)cnc(N2CC(C(N)=O)CCC2C)c1Br. The van der Waals surface area contributed by atoms with Crippen molar-refractivity contribution in [3.05, 3.63) is 16.2 Å². The fourth-order valence-electron chi connectivity index (χ4n) is 2.41. The predicted molar refractivity (Wildman–Crippen MR) is 79.8 cm³/mol. The molecule has 2 rings (SSSR count). The van der Waals surface area contributed by atoms with Crippen molar-refractivity contribution in [3.8, 4) is 0 Å². The van der Waals surface area contributed by atoms with Crippen LogP contribution >= 0.6 is 15.9 Å². The molecule has 0 aliphatic carbocycles. The van der Waals surface area contributed by atoms with Crippen molar-refractivity contribution >= 4 is 33.3 Å². The molecule has 4 N–H and O–H groups in total. The first-order valence-electron chi connectivity index (χ1n) is 6.38. The molecule has 1 saturated heterocycles. The quantitative estimate of drug-likeness (QED) is 0.868. The van der Waals surface area contributed by atoms with E-state index in [0.717, 1.165) is 28.7 Å². The number of rotatable bonds is 2. The van der Waals surface area contributed by atoms with Gasteiger partial charge in [0.1, 0.15) is 5.82 Å². The molecule has 1 amide bonds. The number of carbonyl (C=O) groups excluding carboxylic acids is 1. The van der Waals surface area contributed by atoms with Gasteiger partial charge in [0.15, 0.2) is 0 Å². The van der Waals surface area contributed by atoms with Crippen molar-refractivity contribution in [2.75, 3.05) is 17.2 Å². The summed E-state index contributed by atoms with van der Waals surface area (Å²) in [5, 5.41) is 0. The lowest BCUT2D eigenvalue weighted by molar-refractivity contribution is -0.122. The van der Waals surface area contributed by atoms with Crippen LogP contribution in [0.4, 0.5) is 11.5 Å². The summed E-state index contributed by atoms with van der Waals surface area (Å²) < 4.78 is 0.893. The number of nitrogen functional groups attached to an aromatic ring is 1. The van der Waals surface area contributed by atoms with Gasteiger partial charge in [-0.1, -0.05) is 0 Å². The number of hydrogen-bond donors (Lipinski definition) is 2. The fraction of sp³-hybridized carbons (Fsp3) is 0.538. The van der Waals surface area contributed by atoms with E-state index in [9.17, 15) is 4.79 Å². The zero-order chi connectivity index (χ0) is 14.2. The summed E-state index contributed by atoms with van der Waals surface area (Å²) in [5.41, 5.74) is 12.9. The predicted octanol–water partition coefficient (Wildman–Crippen LogP) is 1.82. The Morgan fingerprint density at radius 3 is 2.84 bits per heavy atom. The normalized spacial score (nSPS) is 23.4. The smallest absolute Gasteiger partial charge is 0.222 e. The van der Waals surface area contributed by atoms with Gasteiger partial charge in [0.2, 0.25) is 5.91 Å². The fourth-order valence-corrected chi connectivity index (χ4v) is 2.97. The van der Waals surface area contributed by atoms with E-state index in [-0.39, 0.29) is 11.8 Å². The summed E-state index contributed by atoms with van der Waals surface area (Å²) in [4.78, 5) is 17.9. The minimum Gasteiger partial charge on any atom is -0.397 e. The van der Waals surface area contributed by atoms with Crippen molar-refractivity contribution in [1.29, 1.82) is 0 Å². The van der Waals surface area contributed by atoms with Crippen molar-refractivity contribution in [2.24, 2.45) is 11.7 Å². The molecule has 6 heteroatoms. The van der Waals surface area contributed by atoms with Crippen LogP contribution in [0.15, 0.2) is 10.7 Å². The first kappa shape index (κ1) is 14.1. The number of carbonyl (C=O) groups is 1. The number of amides is 1. The maximum absolute atomic E-state index is 11.4. The Kier molecular flexibility index (Phi) is 3.99. The lowest BCUT2D eigenvalue weighted by Crippen LogP contribution is -2.46. The second-order valence-corrected chi connectivity index (χ2v) is 5.95. The molecule has 0 radical (unpaired) electrons. The molecule has 1 aliphatic heterocycles. The summed E-state index contributed by atoms with van der Waals surface area (Å²) in [7, 11) is 0. The summed E-state index contributed by atoms with van der Waals surface area (Å²) in [6.45, 7) is 4.70. The van der Waals surface area contributed by atoms with Gasteiger partial charge in [0.25, 0.3) is 0 Å². The average Bonchev–Trinajstić information content (AvgIpc) is 2.37. The standard InChI is InChI=1S/C13H19BrN4O/c1-7-3-4-9(12(16)19)6-18(7)13-11(14)8(2)10(15)5-17-13/h5,7,9H,3-4,6,15H2,1-2H3,(H2,16,19). The molecule has 1 aromatic rings. The molecular formula is C13H19BrN4O. The van der Waals surface area contributed by atoms with Crippen LogP contribution in [0.5, 0.6) is 0 Å². The van der Waals surface area contributed by atoms with Gasteiger partial charge in [-0.2, -0.15) is 0 Å². The Hall–Kier alpha value is -1.30. The minimum absolute atomic E-state index is 0.109. The van der Waals surface area contributed by atoms with Crippen LogP contribution in [0.25, 0.3) is 0 Å². The molecule has 19 heavy (non-hydrogen) atoms. The molecular weight excluding hydrogens is 308 g/mol. The molecule has 0 spiro atoms. The zero-order valence-corrected chi connectivity index (χ0v) is 12.8. The molecule has 0 bridgehead atoms. The van der Waals surface area contributed by atoms with Gasteiger partial charge in [-0.05, 0) is 48.2 Å². The molecule has 1 fully saturated rings. The maximum atomic E-state index is 11.4. The van der Waals surface area contributed by atoms with Crippen LogP contribution in [-0.2, 0) is 4.79 Å². The lowest BCUT2D eigenvalue weighted by Gasteiger charge is -2.38. The molecule has 1 aromatic heterocycles.